The third kappa shape index (κ3) is 5.29. The number of hydrogen-bond acceptors (Lipinski definition) is 2. The Labute approximate surface area is 99.0 Å². The third-order valence-corrected chi connectivity index (χ3v) is 2.56. The molecule has 0 saturated heterocycles. The molecule has 1 unspecified atom stereocenters. The highest BCUT2D eigenvalue weighted by molar-refractivity contribution is 5.14. The van der Waals surface area contributed by atoms with Gasteiger partial charge in [0.25, 0.3) is 0 Å². The van der Waals surface area contributed by atoms with Gasteiger partial charge in [0.05, 0.1) is 6.10 Å². The van der Waals surface area contributed by atoms with Crippen LogP contribution in [0.2, 0.25) is 0 Å². The fourth-order valence-electron chi connectivity index (χ4n) is 1.78. The molecule has 0 saturated carbocycles. The van der Waals surface area contributed by atoms with Gasteiger partial charge in [-0.3, -0.25) is 0 Å². The predicted octanol–water partition coefficient (Wildman–Crippen LogP) is 2.98. The van der Waals surface area contributed by atoms with E-state index in [-0.39, 0.29) is 0 Å². The van der Waals surface area contributed by atoms with Crippen molar-refractivity contribution in [1.29, 1.82) is 0 Å². The SMILES string of the molecule is CCCC(CNCc1ccccc1)OCC. The molecular formula is C14H23NO. The van der Waals surface area contributed by atoms with Crippen LogP contribution in [-0.4, -0.2) is 19.3 Å². The molecular weight excluding hydrogens is 198 g/mol. The van der Waals surface area contributed by atoms with Crippen LogP contribution < -0.4 is 5.32 Å². The van der Waals surface area contributed by atoms with Gasteiger partial charge in [-0.15, -0.1) is 0 Å². The highest BCUT2D eigenvalue weighted by Crippen LogP contribution is 2.02. The molecule has 1 rings (SSSR count). The van der Waals surface area contributed by atoms with Crippen molar-refractivity contribution in [3.63, 3.8) is 0 Å². The van der Waals surface area contributed by atoms with Crippen molar-refractivity contribution in [3.05, 3.63) is 35.9 Å². The van der Waals surface area contributed by atoms with Crippen LogP contribution in [0.25, 0.3) is 0 Å². The van der Waals surface area contributed by atoms with Gasteiger partial charge in [-0.25, -0.2) is 0 Å². The lowest BCUT2D eigenvalue weighted by Gasteiger charge is -2.16. The molecule has 0 aliphatic carbocycles. The first-order valence-corrected chi connectivity index (χ1v) is 6.23. The summed E-state index contributed by atoms with van der Waals surface area (Å²) < 4.78 is 5.66. The minimum absolute atomic E-state index is 0.360. The van der Waals surface area contributed by atoms with E-state index in [1.165, 1.54) is 12.0 Å². The summed E-state index contributed by atoms with van der Waals surface area (Å²) in [5.41, 5.74) is 1.33. The molecule has 0 radical (unpaired) electrons. The molecule has 1 atom stereocenters. The van der Waals surface area contributed by atoms with Crippen LogP contribution in [0.1, 0.15) is 32.3 Å². The molecule has 0 aromatic heterocycles. The van der Waals surface area contributed by atoms with E-state index in [9.17, 15) is 0 Å². The molecule has 0 fully saturated rings. The molecule has 0 heterocycles. The largest absolute Gasteiger partial charge is 0.377 e. The van der Waals surface area contributed by atoms with Crippen LogP contribution in [0.15, 0.2) is 30.3 Å². The second-order valence-corrected chi connectivity index (χ2v) is 3.98. The van der Waals surface area contributed by atoms with Crippen LogP contribution in [-0.2, 0) is 11.3 Å². The molecule has 1 aromatic rings. The minimum Gasteiger partial charge on any atom is -0.377 e. The minimum atomic E-state index is 0.360. The summed E-state index contributed by atoms with van der Waals surface area (Å²) >= 11 is 0. The molecule has 0 bridgehead atoms. The number of nitrogens with one attached hydrogen (secondary N) is 1. The van der Waals surface area contributed by atoms with E-state index >= 15 is 0 Å². The summed E-state index contributed by atoms with van der Waals surface area (Å²) in [7, 11) is 0. The van der Waals surface area contributed by atoms with Crippen molar-refractivity contribution in [1.82, 2.24) is 5.32 Å². The summed E-state index contributed by atoms with van der Waals surface area (Å²) in [5.74, 6) is 0. The molecule has 2 heteroatoms. The van der Waals surface area contributed by atoms with Crippen LogP contribution in [0, 0.1) is 0 Å². The quantitative estimate of drug-likeness (QED) is 0.728. The zero-order valence-electron chi connectivity index (χ0n) is 10.4. The molecule has 0 aliphatic heterocycles. The number of ether oxygens (including phenoxy) is 1. The molecule has 1 aromatic carbocycles. The van der Waals surface area contributed by atoms with E-state index in [1.54, 1.807) is 0 Å². The third-order valence-electron chi connectivity index (χ3n) is 2.56. The lowest BCUT2D eigenvalue weighted by molar-refractivity contribution is 0.0561. The van der Waals surface area contributed by atoms with Gasteiger partial charge in [0, 0.05) is 19.7 Å². The first-order chi connectivity index (χ1) is 7.86. The van der Waals surface area contributed by atoms with Crippen LogP contribution >= 0.6 is 0 Å². The second-order valence-electron chi connectivity index (χ2n) is 3.98. The Morgan fingerprint density at radius 2 is 1.94 bits per heavy atom. The van der Waals surface area contributed by atoms with Gasteiger partial charge in [0.1, 0.15) is 0 Å². The Bertz CT molecular complexity index is 255. The van der Waals surface area contributed by atoms with Gasteiger partial charge >= 0.3 is 0 Å². The Balaban J connectivity index is 2.22. The molecule has 0 spiro atoms. The fourth-order valence-corrected chi connectivity index (χ4v) is 1.78. The van der Waals surface area contributed by atoms with Crippen LogP contribution in [0.5, 0.6) is 0 Å². The predicted molar refractivity (Wildman–Crippen MR) is 68.5 cm³/mol. The Kier molecular flexibility index (Phi) is 6.86. The molecule has 90 valence electrons. The second kappa shape index (κ2) is 8.31. The molecule has 16 heavy (non-hydrogen) atoms. The Morgan fingerprint density at radius 1 is 1.19 bits per heavy atom. The summed E-state index contributed by atoms with van der Waals surface area (Å²) in [6, 6.07) is 10.5. The fraction of sp³-hybridized carbons (Fsp3) is 0.571. The first kappa shape index (κ1) is 13.2. The van der Waals surface area contributed by atoms with Gasteiger partial charge in [-0.1, -0.05) is 43.7 Å². The number of rotatable bonds is 8. The van der Waals surface area contributed by atoms with Gasteiger partial charge in [0.15, 0.2) is 0 Å². The van der Waals surface area contributed by atoms with Gasteiger partial charge in [-0.2, -0.15) is 0 Å². The van der Waals surface area contributed by atoms with Crippen molar-refractivity contribution in [2.24, 2.45) is 0 Å². The highest BCUT2D eigenvalue weighted by atomic mass is 16.5. The topological polar surface area (TPSA) is 21.3 Å². The van der Waals surface area contributed by atoms with Gasteiger partial charge < -0.3 is 10.1 Å². The summed E-state index contributed by atoms with van der Waals surface area (Å²) in [6.07, 6.45) is 2.67. The van der Waals surface area contributed by atoms with E-state index in [1.807, 2.05) is 6.07 Å². The van der Waals surface area contributed by atoms with Crippen molar-refractivity contribution >= 4 is 0 Å². The normalized spacial score (nSPS) is 12.6. The van der Waals surface area contributed by atoms with Gasteiger partial charge in [-0.05, 0) is 18.9 Å². The van der Waals surface area contributed by atoms with Crippen molar-refractivity contribution < 1.29 is 4.74 Å². The number of benzene rings is 1. The molecule has 0 amide bonds. The molecule has 0 aliphatic rings. The maximum atomic E-state index is 5.66. The highest BCUT2D eigenvalue weighted by Gasteiger charge is 2.05. The van der Waals surface area contributed by atoms with E-state index in [4.69, 9.17) is 4.74 Å². The zero-order valence-corrected chi connectivity index (χ0v) is 10.4. The molecule has 1 N–H and O–H groups in total. The lowest BCUT2D eigenvalue weighted by atomic mass is 10.2. The van der Waals surface area contributed by atoms with Crippen LogP contribution in [0.3, 0.4) is 0 Å². The van der Waals surface area contributed by atoms with Gasteiger partial charge in [0.2, 0.25) is 0 Å². The number of hydrogen-bond donors (Lipinski definition) is 1. The molecule has 2 nitrogen and oxygen atoms in total. The standard InChI is InChI=1S/C14H23NO/c1-3-8-14(16-4-2)12-15-11-13-9-6-5-7-10-13/h5-7,9-10,14-15H,3-4,8,11-12H2,1-2H3. The van der Waals surface area contributed by atoms with E-state index in [2.05, 4.69) is 43.4 Å². The average molecular weight is 221 g/mol. The first-order valence-electron chi connectivity index (χ1n) is 6.23. The average Bonchev–Trinajstić information content (AvgIpc) is 2.31. The maximum Gasteiger partial charge on any atom is 0.0699 e. The van der Waals surface area contributed by atoms with E-state index in [0.29, 0.717) is 6.10 Å². The van der Waals surface area contributed by atoms with E-state index < -0.39 is 0 Å². The zero-order chi connectivity index (χ0) is 11.6. The monoisotopic (exact) mass is 221 g/mol. The van der Waals surface area contributed by atoms with Crippen LogP contribution in [0.4, 0.5) is 0 Å². The summed E-state index contributed by atoms with van der Waals surface area (Å²) in [5, 5.41) is 3.45. The summed E-state index contributed by atoms with van der Waals surface area (Å²) in [4.78, 5) is 0. The Morgan fingerprint density at radius 3 is 2.56 bits per heavy atom. The van der Waals surface area contributed by atoms with Crippen molar-refractivity contribution in [2.75, 3.05) is 13.2 Å². The summed E-state index contributed by atoms with van der Waals surface area (Å²) in [6.45, 7) is 6.92. The Hall–Kier alpha value is -0.860. The van der Waals surface area contributed by atoms with Crippen molar-refractivity contribution in [2.45, 2.75) is 39.3 Å². The smallest absolute Gasteiger partial charge is 0.0699 e. The van der Waals surface area contributed by atoms with E-state index in [0.717, 1.165) is 26.1 Å². The van der Waals surface area contributed by atoms with Crippen molar-refractivity contribution in [3.8, 4) is 0 Å². The lowest BCUT2D eigenvalue weighted by Crippen LogP contribution is -2.28. The maximum absolute atomic E-state index is 5.66.